The van der Waals surface area contributed by atoms with Crippen molar-refractivity contribution in [2.45, 2.75) is 25.1 Å². The lowest BCUT2D eigenvalue weighted by atomic mass is 10.1. The predicted octanol–water partition coefficient (Wildman–Crippen LogP) is 5.04. The molecule has 8 heteroatoms. The molecule has 3 rings (SSSR count). The number of hydrogen-bond donors (Lipinski definition) is 2. The zero-order valence-electron chi connectivity index (χ0n) is 21.3. The number of imide groups is 1. The number of benzene rings is 3. The van der Waals surface area contributed by atoms with E-state index in [1.165, 1.54) is 11.8 Å². The van der Waals surface area contributed by atoms with E-state index in [-0.39, 0.29) is 12.3 Å². The third kappa shape index (κ3) is 8.43. The topological polar surface area (TPSA) is 95.9 Å². The van der Waals surface area contributed by atoms with Gasteiger partial charge in [0.1, 0.15) is 11.8 Å². The number of rotatable bonds is 10. The number of hydrogen-bond acceptors (Lipinski definition) is 5. The summed E-state index contributed by atoms with van der Waals surface area (Å²) in [7, 11) is 1.59. The van der Waals surface area contributed by atoms with Crippen LogP contribution in [-0.2, 0) is 10.5 Å². The van der Waals surface area contributed by atoms with Crippen LogP contribution in [-0.4, -0.2) is 53.4 Å². The van der Waals surface area contributed by atoms with Gasteiger partial charge in [-0.2, -0.15) is 11.8 Å². The molecule has 0 spiro atoms. The third-order valence-corrected chi connectivity index (χ3v) is 6.59. The molecule has 2 N–H and O–H groups in total. The van der Waals surface area contributed by atoms with E-state index in [1.54, 1.807) is 31.4 Å². The van der Waals surface area contributed by atoms with Gasteiger partial charge in [-0.3, -0.25) is 9.69 Å². The van der Waals surface area contributed by atoms with E-state index in [9.17, 15) is 19.5 Å². The predicted molar refractivity (Wildman–Crippen MR) is 149 cm³/mol. The highest BCUT2D eigenvalue weighted by molar-refractivity contribution is 7.98. The smallest absolute Gasteiger partial charge is 0.327 e. The Labute approximate surface area is 227 Å². The minimum Gasteiger partial charge on any atom is -0.497 e. The van der Waals surface area contributed by atoms with Crippen molar-refractivity contribution in [1.82, 2.24) is 10.2 Å². The van der Waals surface area contributed by atoms with Crippen LogP contribution in [0.15, 0.2) is 78.9 Å². The van der Waals surface area contributed by atoms with Crippen molar-refractivity contribution < 1.29 is 24.2 Å². The van der Waals surface area contributed by atoms with E-state index < -0.39 is 23.9 Å². The average molecular weight is 531 g/mol. The van der Waals surface area contributed by atoms with Gasteiger partial charge in [0, 0.05) is 34.7 Å². The summed E-state index contributed by atoms with van der Waals surface area (Å²) in [5.74, 6) is 5.87. The first kappa shape index (κ1) is 28.4. The number of carboxylic acid groups (broad SMARTS) is 1. The lowest BCUT2D eigenvalue weighted by Gasteiger charge is -2.23. The molecule has 0 aliphatic carbocycles. The summed E-state index contributed by atoms with van der Waals surface area (Å²) in [5.41, 5.74) is 2.79. The van der Waals surface area contributed by atoms with Crippen molar-refractivity contribution in [1.29, 1.82) is 0 Å². The Kier molecular flexibility index (Phi) is 10.8. The molecule has 196 valence electrons. The molecule has 0 aromatic heterocycles. The number of carbonyl (C=O) groups is 3. The molecule has 0 saturated heterocycles. The molecule has 0 saturated carbocycles. The van der Waals surface area contributed by atoms with Gasteiger partial charge in [-0.15, -0.1) is 0 Å². The van der Waals surface area contributed by atoms with Crippen LogP contribution in [0.3, 0.4) is 0 Å². The van der Waals surface area contributed by atoms with Gasteiger partial charge in [-0.05, 0) is 54.4 Å². The van der Waals surface area contributed by atoms with Crippen LogP contribution in [0, 0.1) is 11.8 Å². The number of aliphatic carboxylic acids is 1. The van der Waals surface area contributed by atoms with Gasteiger partial charge >= 0.3 is 12.0 Å². The Bertz CT molecular complexity index is 1300. The summed E-state index contributed by atoms with van der Waals surface area (Å²) >= 11 is 1.38. The molecule has 0 radical (unpaired) electrons. The maximum absolute atomic E-state index is 13.3. The Morgan fingerprint density at radius 1 is 0.974 bits per heavy atom. The van der Waals surface area contributed by atoms with E-state index >= 15 is 0 Å². The number of ether oxygens (including phenoxy) is 1. The van der Waals surface area contributed by atoms with Crippen LogP contribution in [0.2, 0.25) is 0 Å². The molecule has 0 fully saturated rings. The van der Waals surface area contributed by atoms with E-state index in [0.717, 1.165) is 21.8 Å². The Hall–Kier alpha value is -4.22. The van der Waals surface area contributed by atoms with Gasteiger partial charge in [0.05, 0.1) is 7.11 Å². The Morgan fingerprint density at radius 3 is 2.32 bits per heavy atom. The van der Waals surface area contributed by atoms with Crippen LogP contribution >= 0.6 is 11.8 Å². The van der Waals surface area contributed by atoms with Crippen molar-refractivity contribution in [3.8, 4) is 17.6 Å². The quantitative estimate of drug-likeness (QED) is 0.357. The largest absolute Gasteiger partial charge is 0.497 e. The molecule has 3 amide bonds. The number of methoxy groups -OCH3 is 1. The molecule has 0 bridgehead atoms. The van der Waals surface area contributed by atoms with Crippen molar-refractivity contribution >= 4 is 29.7 Å². The van der Waals surface area contributed by atoms with Crippen molar-refractivity contribution in [2.75, 3.05) is 19.4 Å². The molecular formula is C30H30N2O5S. The minimum atomic E-state index is -1.16. The maximum Gasteiger partial charge on any atom is 0.327 e. The number of nitrogens with zero attached hydrogens (tertiary/aromatic N) is 1. The lowest BCUT2D eigenvalue weighted by Crippen LogP contribution is -2.51. The van der Waals surface area contributed by atoms with E-state index in [4.69, 9.17) is 4.74 Å². The Morgan fingerprint density at radius 2 is 1.66 bits per heavy atom. The van der Waals surface area contributed by atoms with Crippen molar-refractivity contribution in [2.24, 2.45) is 0 Å². The fourth-order valence-electron chi connectivity index (χ4n) is 3.49. The molecule has 0 unspecified atom stereocenters. The molecule has 0 heterocycles. The number of thioether (sulfide) groups is 1. The second-order valence-electron chi connectivity index (χ2n) is 8.36. The molecule has 0 aliphatic rings. The standard InChI is InChI=1S/C30H30N2O5S/c1-3-18-32(28(33)25-11-7-10-23(19-25)13-12-22-8-5-4-6-9-22)30(36)31-27(29(34)35)21-38-20-24-14-16-26(37-2)17-15-24/h4-11,14-17,19,27H,3,18,20-21H2,1-2H3,(H,31,36)(H,34,35)/t27-/m0/s1. The van der Waals surface area contributed by atoms with E-state index in [0.29, 0.717) is 23.3 Å². The number of amides is 3. The highest BCUT2D eigenvalue weighted by atomic mass is 32.2. The lowest BCUT2D eigenvalue weighted by molar-refractivity contribution is -0.138. The zero-order valence-corrected chi connectivity index (χ0v) is 22.2. The first-order chi connectivity index (χ1) is 18.4. The highest BCUT2D eigenvalue weighted by Crippen LogP contribution is 2.17. The summed E-state index contributed by atoms with van der Waals surface area (Å²) in [6.07, 6.45) is 0.524. The minimum absolute atomic E-state index is 0.145. The third-order valence-electron chi connectivity index (χ3n) is 5.48. The second-order valence-corrected chi connectivity index (χ2v) is 9.39. The van der Waals surface area contributed by atoms with E-state index in [1.807, 2.05) is 61.5 Å². The maximum atomic E-state index is 13.3. The summed E-state index contributed by atoms with van der Waals surface area (Å²) in [5, 5.41) is 12.2. The normalized spacial score (nSPS) is 11.0. The highest BCUT2D eigenvalue weighted by Gasteiger charge is 2.27. The number of nitrogens with one attached hydrogen (secondary N) is 1. The van der Waals surface area contributed by atoms with Gasteiger partial charge < -0.3 is 15.2 Å². The number of urea groups is 1. The van der Waals surface area contributed by atoms with Crippen LogP contribution < -0.4 is 10.1 Å². The van der Waals surface area contributed by atoms with E-state index in [2.05, 4.69) is 17.2 Å². The fraction of sp³-hybridized carbons (Fsp3) is 0.233. The van der Waals surface area contributed by atoms with Gasteiger partial charge in [-0.25, -0.2) is 9.59 Å². The SMILES string of the molecule is CCCN(C(=O)N[C@@H](CSCc1ccc(OC)cc1)C(=O)O)C(=O)c1cccc(C#Cc2ccccc2)c1. The summed E-state index contributed by atoms with van der Waals surface area (Å²) in [6.45, 7) is 1.99. The molecule has 3 aromatic rings. The molecule has 0 aliphatic heterocycles. The second kappa shape index (κ2) is 14.5. The Balaban J connectivity index is 1.66. The van der Waals surface area contributed by atoms with Gasteiger partial charge in [0.2, 0.25) is 0 Å². The molecule has 3 aromatic carbocycles. The molecule has 38 heavy (non-hydrogen) atoms. The fourth-order valence-corrected chi connectivity index (χ4v) is 4.50. The van der Waals surface area contributed by atoms with Gasteiger partial charge in [0.25, 0.3) is 5.91 Å². The van der Waals surface area contributed by atoms with Gasteiger partial charge in [-0.1, -0.05) is 55.2 Å². The number of carbonyl (C=O) groups excluding carboxylic acids is 2. The average Bonchev–Trinajstić information content (AvgIpc) is 2.94. The monoisotopic (exact) mass is 530 g/mol. The summed E-state index contributed by atoms with van der Waals surface area (Å²) in [6, 6.07) is 21.8. The molecule has 7 nitrogen and oxygen atoms in total. The van der Waals surface area contributed by atoms with Crippen LogP contribution in [0.5, 0.6) is 5.75 Å². The van der Waals surface area contributed by atoms with Crippen LogP contribution in [0.1, 0.15) is 40.4 Å². The number of carboxylic acids is 1. The first-order valence-corrected chi connectivity index (χ1v) is 13.3. The molecule has 1 atom stereocenters. The molecular weight excluding hydrogens is 500 g/mol. The summed E-state index contributed by atoms with van der Waals surface area (Å²) in [4.78, 5) is 39.2. The first-order valence-electron chi connectivity index (χ1n) is 12.1. The zero-order chi connectivity index (χ0) is 27.3. The van der Waals surface area contributed by atoms with Crippen LogP contribution in [0.25, 0.3) is 0 Å². The van der Waals surface area contributed by atoms with Gasteiger partial charge in [0.15, 0.2) is 0 Å². The van der Waals surface area contributed by atoms with Crippen LogP contribution in [0.4, 0.5) is 4.79 Å². The van der Waals surface area contributed by atoms with Crippen molar-refractivity contribution in [3.05, 3.63) is 101 Å². The van der Waals surface area contributed by atoms with Crippen molar-refractivity contribution in [3.63, 3.8) is 0 Å². The summed E-state index contributed by atoms with van der Waals surface area (Å²) < 4.78 is 5.15.